The van der Waals surface area contributed by atoms with Gasteiger partial charge in [-0.15, -0.1) is 0 Å². The molecule has 0 radical (unpaired) electrons. The molecule has 0 saturated carbocycles. The average molecular weight is 610 g/mol. The van der Waals surface area contributed by atoms with E-state index >= 15 is 0 Å². The minimum absolute atomic E-state index is 0.734. The third-order valence-corrected chi connectivity index (χ3v) is 13.0. The van der Waals surface area contributed by atoms with Crippen LogP contribution in [0.5, 0.6) is 0 Å². The monoisotopic (exact) mass is 609 g/mol. The molecule has 0 spiro atoms. The zero-order valence-corrected chi connectivity index (χ0v) is 30.5. The Morgan fingerprint density at radius 1 is 0.357 bits per heavy atom. The lowest BCUT2D eigenvalue weighted by Gasteiger charge is -2.16. The van der Waals surface area contributed by atoms with E-state index in [1.807, 2.05) is 0 Å². The van der Waals surface area contributed by atoms with Crippen molar-refractivity contribution in [2.24, 2.45) is 0 Å². The molecule has 0 atom stereocenters. The first-order valence-corrected chi connectivity index (χ1v) is 26.8. The van der Waals surface area contributed by atoms with Gasteiger partial charge in [0.25, 0.3) is 0 Å². The molecule has 0 aliphatic rings. The van der Waals surface area contributed by atoms with Crippen LogP contribution in [0.3, 0.4) is 0 Å². The van der Waals surface area contributed by atoms with E-state index in [9.17, 15) is 0 Å². The van der Waals surface area contributed by atoms with Gasteiger partial charge in [0.05, 0.1) is 0 Å². The van der Waals surface area contributed by atoms with Gasteiger partial charge in [0.2, 0.25) is 0 Å². The number of hydrogen-bond acceptors (Lipinski definition) is 3. The molecule has 3 aromatic carbocycles. The van der Waals surface area contributed by atoms with E-state index in [2.05, 4.69) is 132 Å². The molecule has 1 aromatic heterocycles. The fraction of sp³-hybridized carbons (Fsp3) is 0.417. The first-order valence-electron chi connectivity index (χ1n) is 15.7. The lowest BCUT2D eigenvalue weighted by molar-refractivity contribution is 1.06. The molecule has 4 rings (SSSR count). The molecule has 0 aliphatic heterocycles. The van der Waals surface area contributed by atoms with Crippen molar-refractivity contribution in [3.63, 3.8) is 0 Å². The van der Waals surface area contributed by atoms with Crippen LogP contribution in [0.15, 0.2) is 72.8 Å². The van der Waals surface area contributed by atoms with Crippen LogP contribution in [-0.2, 0) is 19.3 Å². The number of aromatic nitrogens is 3. The summed E-state index contributed by atoms with van der Waals surface area (Å²) in [6, 6.07) is 30.5. The Bertz CT molecular complexity index is 1250. The minimum atomic E-state index is -1.07. The number of hydrogen-bond donors (Lipinski definition) is 0. The van der Waals surface area contributed by atoms with E-state index in [4.69, 9.17) is 15.0 Å². The van der Waals surface area contributed by atoms with Gasteiger partial charge in [0.1, 0.15) is 0 Å². The molecule has 4 aromatic rings. The van der Waals surface area contributed by atoms with Crippen LogP contribution < -0.4 is 0 Å². The summed E-state index contributed by atoms with van der Waals surface area (Å²) in [6.45, 7) is 21.9. The maximum atomic E-state index is 5.00. The van der Waals surface area contributed by atoms with Crippen molar-refractivity contribution in [1.29, 1.82) is 0 Å². The highest BCUT2D eigenvalue weighted by atomic mass is 28.3. The highest BCUT2D eigenvalue weighted by Gasteiger charge is 2.16. The number of aryl methyl sites for hydroxylation is 3. The first kappa shape index (κ1) is 32.2. The molecule has 0 N–H and O–H groups in total. The van der Waals surface area contributed by atoms with E-state index in [1.165, 1.54) is 34.8 Å². The Morgan fingerprint density at radius 2 is 0.571 bits per heavy atom. The summed E-state index contributed by atoms with van der Waals surface area (Å²) in [5.74, 6) is 2.20. The van der Waals surface area contributed by atoms with E-state index in [0.29, 0.717) is 0 Å². The molecule has 42 heavy (non-hydrogen) atoms. The van der Waals surface area contributed by atoms with Crippen LogP contribution in [-0.4, -0.2) is 39.2 Å². The molecule has 1 heterocycles. The van der Waals surface area contributed by atoms with Gasteiger partial charge in [0, 0.05) is 40.9 Å². The Labute approximate surface area is 258 Å². The third kappa shape index (κ3) is 10.2. The molecule has 222 valence electrons. The average Bonchev–Trinajstić information content (AvgIpc) is 2.93. The van der Waals surface area contributed by atoms with Gasteiger partial charge in [-0.25, -0.2) is 15.0 Å². The number of nitrogens with zero attached hydrogens (tertiary/aromatic N) is 3. The van der Waals surface area contributed by atoms with Gasteiger partial charge < -0.3 is 0 Å². The van der Waals surface area contributed by atoms with Gasteiger partial charge in [-0.3, -0.25) is 0 Å². The van der Waals surface area contributed by atoms with Crippen molar-refractivity contribution in [3.8, 4) is 34.2 Å². The van der Waals surface area contributed by atoms with Gasteiger partial charge in [-0.1, -0.05) is 150 Å². The summed E-state index contributed by atoms with van der Waals surface area (Å²) in [4.78, 5) is 15.0. The molecule has 3 nitrogen and oxygen atoms in total. The van der Waals surface area contributed by atoms with Crippen LogP contribution in [0.2, 0.25) is 77.1 Å². The smallest absolute Gasteiger partial charge is 0.164 e. The van der Waals surface area contributed by atoms with E-state index in [1.54, 1.807) is 0 Å². The second kappa shape index (κ2) is 13.3. The fourth-order valence-electron chi connectivity index (χ4n) is 4.78. The van der Waals surface area contributed by atoms with Crippen molar-refractivity contribution in [2.75, 3.05) is 0 Å². The van der Waals surface area contributed by atoms with Crippen molar-refractivity contribution >= 4 is 24.2 Å². The zero-order valence-electron chi connectivity index (χ0n) is 27.5. The second-order valence-corrected chi connectivity index (χ2v) is 32.4. The van der Waals surface area contributed by atoms with Crippen LogP contribution in [0, 0.1) is 0 Å². The molecule has 0 saturated heterocycles. The van der Waals surface area contributed by atoms with Crippen molar-refractivity contribution < 1.29 is 0 Å². The predicted octanol–water partition coefficient (Wildman–Crippen LogP) is 10.5. The van der Waals surface area contributed by atoms with E-state index in [0.717, 1.165) is 53.4 Å². The standard InChI is InChI=1S/C36H51N3Si3/c1-40(2,3)25-22-28-10-16-31(17-11-28)34-37-35(32-18-12-29(13-19-32)23-26-41(4,5)6)39-36(38-34)33-20-14-30(15-21-33)24-27-42(7,8)9/h10-21H,22-27H2,1-9H3. The van der Waals surface area contributed by atoms with Gasteiger partial charge >= 0.3 is 0 Å². The van der Waals surface area contributed by atoms with Gasteiger partial charge in [-0.2, -0.15) is 0 Å². The first-order chi connectivity index (χ1) is 19.6. The maximum Gasteiger partial charge on any atom is 0.164 e. The van der Waals surface area contributed by atoms with Crippen LogP contribution >= 0.6 is 0 Å². The highest BCUT2D eigenvalue weighted by Crippen LogP contribution is 2.27. The van der Waals surface area contributed by atoms with Crippen LogP contribution in [0.4, 0.5) is 0 Å². The topological polar surface area (TPSA) is 38.7 Å². The summed E-state index contributed by atoms with van der Waals surface area (Å²) < 4.78 is 0. The lowest BCUT2D eigenvalue weighted by Crippen LogP contribution is -2.19. The molecular weight excluding hydrogens is 559 g/mol. The Kier molecular flexibility index (Phi) is 10.2. The Hall–Kier alpha value is -2.68. The van der Waals surface area contributed by atoms with E-state index < -0.39 is 24.2 Å². The van der Waals surface area contributed by atoms with Crippen molar-refractivity contribution in [3.05, 3.63) is 89.5 Å². The lowest BCUT2D eigenvalue weighted by atomic mass is 10.1. The molecule has 6 heteroatoms. The van der Waals surface area contributed by atoms with E-state index in [-0.39, 0.29) is 0 Å². The third-order valence-electron chi connectivity index (χ3n) is 7.76. The fourth-order valence-corrected chi connectivity index (χ4v) is 7.90. The summed E-state index contributed by atoms with van der Waals surface area (Å²) >= 11 is 0. The SMILES string of the molecule is C[Si](C)(C)CCc1ccc(-c2nc(-c3ccc(CC[Si](C)(C)C)cc3)nc(-c3ccc(CC[Si](C)(C)C)cc3)n2)cc1. The van der Waals surface area contributed by atoms with Crippen LogP contribution in [0.1, 0.15) is 16.7 Å². The Balaban J connectivity index is 1.66. The number of rotatable bonds is 12. The Morgan fingerprint density at radius 3 is 0.762 bits per heavy atom. The molecule has 0 aliphatic carbocycles. The largest absolute Gasteiger partial charge is 0.208 e. The summed E-state index contributed by atoms with van der Waals surface area (Å²) in [7, 11) is -3.22. The molecule has 0 unspecified atom stereocenters. The van der Waals surface area contributed by atoms with Crippen molar-refractivity contribution in [2.45, 2.75) is 96.3 Å². The summed E-state index contributed by atoms with van der Waals surface area (Å²) in [6.07, 6.45) is 3.41. The van der Waals surface area contributed by atoms with Crippen LogP contribution in [0.25, 0.3) is 34.2 Å². The molecule has 0 fully saturated rings. The summed E-state index contributed by atoms with van der Waals surface area (Å²) in [5.41, 5.74) is 7.27. The number of benzene rings is 3. The van der Waals surface area contributed by atoms with Gasteiger partial charge in [-0.05, 0) is 36.0 Å². The molecule has 0 amide bonds. The minimum Gasteiger partial charge on any atom is -0.208 e. The quantitative estimate of drug-likeness (QED) is 0.150. The normalized spacial score (nSPS) is 12.5. The van der Waals surface area contributed by atoms with Gasteiger partial charge in [0.15, 0.2) is 17.5 Å². The molecule has 0 bridgehead atoms. The second-order valence-electron chi connectivity index (χ2n) is 15.6. The van der Waals surface area contributed by atoms with Crippen molar-refractivity contribution in [1.82, 2.24) is 15.0 Å². The zero-order chi connectivity index (χ0) is 30.5. The summed E-state index contributed by atoms with van der Waals surface area (Å²) in [5, 5.41) is 0. The maximum absolute atomic E-state index is 5.00. The molecular formula is C36H51N3Si3. The highest BCUT2D eigenvalue weighted by molar-refractivity contribution is 6.76. The predicted molar refractivity (Wildman–Crippen MR) is 192 cm³/mol.